The lowest BCUT2D eigenvalue weighted by Gasteiger charge is -2.30. The van der Waals surface area contributed by atoms with Crippen molar-refractivity contribution < 1.29 is 22.7 Å². The first-order valence-corrected chi connectivity index (χ1v) is 14.8. The summed E-state index contributed by atoms with van der Waals surface area (Å²) in [6.07, 6.45) is 5.62. The van der Waals surface area contributed by atoms with E-state index >= 15 is 0 Å². The van der Waals surface area contributed by atoms with Crippen LogP contribution in [-0.4, -0.2) is 55.3 Å². The van der Waals surface area contributed by atoms with E-state index in [0.29, 0.717) is 17.9 Å². The first-order chi connectivity index (χ1) is 19.4. The number of aryl methyl sites for hydroxylation is 1. The van der Waals surface area contributed by atoms with Crippen LogP contribution in [0.4, 0.5) is 11.5 Å². The molecule has 3 aromatic heterocycles. The highest BCUT2D eigenvalue weighted by Gasteiger charge is 2.24. The van der Waals surface area contributed by atoms with Crippen LogP contribution in [0.1, 0.15) is 39.3 Å². The van der Waals surface area contributed by atoms with Crippen molar-refractivity contribution in [2.24, 2.45) is 0 Å². The van der Waals surface area contributed by atoms with E-state index in [1.807, 2.05) is 24.4 Å². The maximum atomic E-state index is 12.9. The molecule has 0 bridgehead atoms. The number of hydrogen-bond donors (Lipinski definition) is 1. The molecule has 10 nitrogen and oxygen atoms in total. The smallest absolute Gasteiger partial charge is 0.251 e. The number of sulfone groups is 1. The molecule has 206 valence electrons. The van der Waals surface area contributed by atoms with Crippen LogP contribution in [0.3, 0.4) is 0 Å². The molecule has 2 aliphatic heterocycles. The maximum Gasteiger partial charge on any atom is 0.251 e. The Hall–Kier alpha value is -3.93. The molecule has 5 heterocycles. The van der Waals surface area contributed by atoms with Gasteiger partial charge in [-0.15, -0.1) is 0 Å². The molecule has 2 aliphatic rings. The third-order valence-corrected chi connectivity index (χ3v) is 8.93. The number of anilines is 2. The van der Waals surface area contributed by atoms with Crippen molar-refractivity contribution >= 4 is 38.2 Å². The summed E-state index contributed by atoms with van der Waals surface area (Å²) in [5.74, 6) is 0.346. The number of benzene rings is 1. The van der Waals surface area contributed by atoms with Crippen LogP contribution in [0.25, 0.3) is 10.9 Å². The van der Waals surface area contributed by atoms with Crippen molar-refractivity contribution in [3.8, 4) is 0 Å². The molecule has 6 rings (SSSR count). The van der Waals surface area contributed by atoms with E-state index in [2.05, 4.69) is 26.3 Å². The molecular weight excluding hydrogens is 530 g/mol. The van der Waals surface area contributed by atoms with Gasteiger partial charge >= 0.3 is 0 Å². The average Bonchev–Trinajstić information content (AvgIpc) is 3.12. The first-order valence-electron chi connectivity index (χ1n) is 13.1. The lowest BCUT2D eigenvalue weighted by molar-refractivity contribution is 0.0950. The molecule has 11 heteroatoms. The van der Waals surface area contributed by atoms with Gasteiger partial charge in [-0.3, -0.25) is 14.8 Å². The number of methoxy groups -OCH3 is 1. The highest BCUT2D eigenvalue weighted by atomic mass is 32.2. The summed E-state index contributed by atoms with van der Waals surface area (Å²) in [5, 5.41) is 3.74. The van der Waals surface area contributed by atoms with E-state index in [1.54, 1.807) is 25.4 Å². The average molecular weight is 560 g/mol. The molecule has 40 heavy (non-hydrogen) atoms. The molecular formula is C29H29N5O5S. The predicted octanol–water partition coefficient (Wildman–Crippen LogP) is 3.49. The van der Waals surface area contributed by atoms with Crippen LogP contribution in [0.2, 0.25) is 0 Å². The summed E-state index contributed by atoms with van der Waals surface area (Å²) < 4.78 is 35.8. The number of nitrogens with zero attached hydrogens (tertiary/aromatic N) is 4. The number of amides is 1. The summed E-state index contributed by atoms with van der Waals surface area (Å²) in [5.41, 5.74) is 5.44. The predicted molar refractivity (Wildman–Crippen MR) is 149 cm³/mol. The molecule has 0 spiro atoms. The van der Waals surface area contributed by atoms with Crippen molar-refractivity contribution in [2.75, 3.05) is 30.9 Å². The number of rotatable bonds is 6. The summed E-state index contributed by atoms with van der Waals surface area (Å²) in [6.45, 7) is 1.84. The Morgan fingerprint density at radius 2 is 1.95 bits per heavy atom. The largest absolute Gasteiger partial charge is 0.378 e. The molecule has 1 aromatic carbocycles. The Labute approximate surface area is 232 Å². The zero-order valence-electron chi connectivity index (χ0n) is 22.1. The standard InChI is InChI=1S/C29H29N5O5S/c1-38-18-24-11-19-3-2-8-34(26(19)16-31-24)28-7-6-21-14-30-23(13-25(21)33-28)15-32-29(35)20-4-5-22-17-39-9-10-40(36,37)27(22)12-20/h4-7,11-14,16H,2-3,8-10,15,17-18H2,1H3,(H,32,35). The van der Waals surface area contributed by atoms with Crippen molar-refractivity contribution in [3.63, 3.8) is 0 Å². The second-order valence-electron chi connectivity index (χ2n) is 9.91. The lowest BCUT2D eigenvalue weighted by Crippen LogP contribution is -2.26. The summed E-state index contributed by atoms with van der Waals surface area (Å²) >= 11 is 0. The summed E-state index contributed by atoms with van der Waals surface area (Å²) in [6, 6.07) is 12.6. The van der Waals surface area contributed by atoms with Crippen LogP contribution >= 0.6 is 0 Å². The van der Waals surface area contributed by atoms with Crippen molar-refractivity contribution in [3.05, 3.63) is 82.9 Å². The van der Waals surface area contributed by atoms with Gasteiger partial charge in [0, 0.05) is 30.8 Å². The number of nitrogens with one attached hydrogen (secondary N) is 1. The summed E-state index contributed by atoms with van der Waals surface area (Å²) in [4.78, 5) is 29.2. The fourth-order valence-electron chi connectivity index (χ4n) is 5.13. The van der Waals surface area contributed by atoms with Gasteiger partial charge < -0.3 is 19.7 Å². The molecule has 0 atom stereocenters. The molecule has 1 amide bonds. The molecule has 0 fully saturated rings. The number of carbonyl (C=O) groups is 1. The second-order valence-corrected chi connectivity index (χ2v) is 12.0. The summed E-state index contributed by atoms with van der Waals surface area (Å²) in [7, 11) is -1.84. The Balaban J connectivity index is 1.21. The Kier molecular flexibility index (Phi) is 7.18. The normalized spacial score (nSPS) is 16.2. The van der Waals surface area contributed by atoms with Crippen molar-refractivity contribution in [1.82, 2.24) is 20.3 Å². The minimum absolute atomic E-state index is 0.102. The zero-order valence-corrected chi connectivity index (χ0v) is 22.9. The zero-order chi connectivity index (χ0) is 27.7. The molecule has 0 saturated heterocycles. The van der Waals surface area contributed by atoms with Crippen LogP contribution in [0.5, 0.6) is 0 Å². The highest BCUT2D eigenvalue weighted by Crippen LogP contribution is 2.33. The minimum Gasteiger partial charge on any atom is -0.378 e. The number of fused-ring (bicyclic) bond motifs is 3. The lowest BCUT2D eigenvalue weighted by atomic mass is 10.0. The van der Waals surface area contributed by atoms with Crippen molar-refractivity contribution in [2.45, 2.75) is 37.5 Å². The number of carbonyl (C=O) groups excluding carboxylic acids is 1. The van der Waals surface area contributed by atoms with Gasteiger partial charge in [0.25, 0.3) is 5.91 Å². The Morgan fingerprint density at radius 1 is 1.07 bits per heavy atom. The van der Waals surface area contributed by atoms with Gasteiger partial charge in [0.1, 0.15) is 5.82 Å². The Bertz CT molecular complexity index is 1710. The SMILES string of the molecule is COCc1cc2c(cn1)N(c1ccc3cnc(CNC(=O)c4ccc5c(c4)S(=O)(=O)CCOC5)cc3n1)CCC2. The van der Waals surface area contributed by atoms with E-state index in [4.69, 9.17) is 14.5 Å². The molecule has 4 aromatic rings. The highest BCUT2D eigenvalue weighted by molar-refractivity contribution is 7.91. The number of pyridine rings is 3. The fraction of sp³-hybridized carbons (Fsp3) is 0.310. The quantitative estimate of drug-likeness (QED) is 0.378. The van der Waals surface area contributed by atoms with Crippen molar-refractivity contribution in [1.29, 1.82) is 0 Å². The van der Waals surface area contributed by atoms with Gasteiger partial charge in [0.05, 0.1) is 65.8 Å². The maximum absolute atomic E-state index is 12.9. The van der Waals surface area contributed by atoms with Gasteiger partial charge in [0.15, 0.2) is 9.84 Å². The number of ether oxygens (including phenoxy) is 2. The molecule has 0 aliphatic carbocycles. The third kappa shape index (κ3) is 5.27. The van der Waals surface area contributed by atoms with E-state index in [9.17, 15) is 13.2 Å². The van der Waals surface area contributed by atoms with Gasteiger partial charge in [-0.25, -0.2) is 13.4 Å². The van der Waals surface area contributed by atoms with Crippen LogP contribution in [0.15, 0.2) is 59.8 Å². The van der Waals surface area contributed by atoms with E-state index in [-0.39, 0.29) is 41.9 Å². The van der Waals surface area contributed by atoms with Gasteiger partial charge in [-0.1, -0.05) is 6.07 Å². The number of aromatic nitrogens is 3. The van der Waals surface area contributed by atoms with Crippen LogP contribution in [-0.2, 0) is 45.5 Å². The molecule has 0 unspecified atom stereocenters. The van der Waals surface area contributed by atoms with Gasteiger partial charge in [0.2, 0.25) is 0 Å². The fourth-order valence-corrected chi connectivity index (χ4v) is 6.52. The van der Waals surface area contributed by atoms with Gasteiger partial charge in [-0.05, 0) is 60.4 Å². The van der Waals surface area contributed by atoms with Gasteiger partial charge in [-0.2, -0.15) is 0 Å². The molecule has 1 N–H and O–H groups in total. The van der Waals surface area contributed by atoms with E-state index in [0.717, 1.165) is 47.5 Å². The first kappa shape index (κ1) is 26.3. The minimum atomic E-state index is -3.50. The molecule has 0 radical (unpaired) electrons. The monoisotopic (exact) mass is 559 g/mol. The van der Waals surface area contributed by atoms with E-state index in [1.165, 1.54) is 11.6 Å². The Morgan fingerprint density at radius 3 is 2.83 bits per heavy atom. The van der Waals surface area contributed by atoms with Crippen LogP contribution in [0, 0.1) is 0 Å². The van der Waals surface area contributed by atoms with Crippen LogP contribution < -0.4 is 10.2 Å². The molecule has 0 saturated carbocycles. The number of hydrogen-bond acceptors (Lipinski definition) is 9. The third-order valence-electron chi connectivity index (χ3n) is 7.17. The second kappa shape index (κ2) is 10.9. The van der Waals surface area contributed by atoms with E-state index < -0.39 is 9.84 Å². The topological polar surface area (TPSA) is 124 Å².